The van der Waals surface area contributed by atoms with Crippen molar-refractivity contribution in [2.24, 2.45) is 0 Å². The summed E-state index contributed by atoms with van der Waals surface area (Å²) in [5.74, 6) is -0.101. The molecule has 0 saturated carbocycles. The maximum absolute atomic E-state index is 12.2. The Morgan fingerprint density at radius 3 is 2.79 bits per heavy atom. The highest BCUT2D eigenvalue weighted by atomic mass is 16.3. The normalized spacial score (nSPS) is 10.4. The first-order chi connectivity index (χ1) is 9.13. The molecule has 100 valence electrons. The van der Waals surface area contributed by atoms with Crippen LogP contribution >= 0.6 is 0 Å². The molecule has 0 spiro atoms. The zero-order valence-electron chi connectivity index (χ0n) is 11.1. The van der Waals surface area contributed by atoms with Crippen LogP contribution in [-0.4, -0.2) is 20.8 Å². The van der Waals surface area contributed by atoms with Gasteiger partial charge in [-0.1, -0.05) is 13.0 Å². The van der Waals surface area contributed by atoms with Gasteiger partial charge in [-0.2, -0.15) is 5.10 Å². The fourth-order valence-corrected chi connectivity index (χ4v) is 1.85. The molecule has 2 aromatic rings. The molecule has 5 nitrogen and oxygen atoms in total. The predicted molar refractivity (Wildman–Crippen MR) is 73.3 cm³/mol. The number of carbonyl (C=O) groups excluding carboxylic acids is 1. The SMILES string of the molecule is CCc1cc(C(=O)Nc2cccc(O)c2)n(CC)n1. The molecule has 0 aliphatic carbocycles. The van der Waals surface area contributed by atoms with Gasteiger partial charge in [-0.25, -0.2) is 0 Å². The summed E-state index contributed by atoms with van der Waals surface area (Å²) in [6.45, 7) is 4.58. The Labute approximate surface area is 111 Å². The first-order valence-electron chi connectivity index (χ1n) is 6.31. The van der Waals surface area contributed by atoms with Gasteiger partial charge in [0.25, 0.3) is 5.91 Å². The second-order valence-electron chi connectivity index (χ2n) is 4.19. The molecule has 0 aliphatic heterocycles. The van der Waals surface area contributed by atoms with Gasteiger partial charge < -0.3 is 10.4 Å². The smallest absolute Gasteiger partial charge is 0.273 e. The van der Waals surface area contributed by atoms with Gasteiger partial charge in [0.2, 0.25) is 0 Å². The summed E-state index contributed by atoms with van der Waals surface area (Å²) in [7, 11) is 0. The van der Waals surface area contributed by atoms with Crippen molar-refractivity contribution in [1.82, 2.24) is 9.78 Å². The highest BCUT2D eigenvalue weighted by Gasteiger charge is 2.14. The second kappa shape index (κ2) is 5.56. The highest BCUT2D eigenvalue weighted by molar-refractivity contribution is 6.03. The molecule has 5 heteroatoms. The minimum atomic E-state index is -0.223. The van der Waals surface area contributed by atoms with Crippen molar-refractivity contribution in [1.29, 1.82) is 0 Å². The van der Waals surface area contributed by atoms with E-state index in [2.05, 4.69) is 10.4 Å². The molecule has 2 rings (SSSR count). The lowest BCUT2D eigenvalue weighted by molar-refractivity contribution is 0.101. The van der Waals surface area contributed by atoms with Gasteiger partial charge >= 0.3 is 0 Å². The van der Waals surface area contributed by atoms with E-state index < -0.39 is 0 Å². The Morgan fingerprint density at radius 1 is 1.37 bits per heavy atom. The van der Waals surface area contributed by atoms with E-state index in [1.807, 2.05) is 13.8 Å². The lowest BCUT2D eigenvalue weighted by atomic mass is 10.2. The lowest BCUT2D eigenvalue weighted by Gasteiger charge is -2.06. The minimum absolute atomic E-state index is 0.121. The third-order valence-corrected chi connectivity index (χ3v) is 2.83. The van der Waals surface area contributed by atoms with E-state index in [0.29, 0.717) is 17.9 Å². The molecule has 0 saturated heterocycles. The number of phenols is 1. The summed E-state index contributed by atoms with van der Waals surface area (Å²) in [5, 5.41) is 16.5. The number of hydrogen-bond donors (Lipinski definition) is 2. The number of aromatic hydroxyl groups is 1. The Morgan fingerprint density at radius 2 is 2.16 bits per heavy atom. The minimum Gasteiger partial charge on any atom is -0.508 e. The van der Waals surface area contributed by atoms with Gasteiger partial charge in [0, 0.05) is 18.3 Å². The number of amides is 1. The van der Waals surface area contributed by atoms with E-state index >= 15 is 0 Å². The van der Waals surface area contributed by atoms with Crippen LogP contribution in [0.3, 0.4) is 0 Å². The van der Waals surface area contributed by atoms with Crippen molar-refractivity contribution < 1.29 is 9.90 Å². The Balaban J connectivity index is 2.22. The van der Waals surface area contributed by atoms with Crippen molar-refractivity contribution in [3.63, 3.8) is 0 Å². The number of nitrogens with zero attached hydrogens (tertiary/aromatic N) is 2. The fourth-order valence-electron chi connectivity index (χ4n) is 1.85. The van der Waals surface area contributed by atoms with Gasteiger partial charge in [-0.05, 0) is 31.5 Å². The summed E-state index contributed by atoms with van der Waals surface area (Å²) in [6, 6.07) is 8.26. The number of aromatic nitrogens is 2. The molecule has 1 amide bonds. The zero-order chi connectivity index (χ0) is 13.8. The first kappa shape index (κ1) is 13.1. The predicted octanol–water partition coefficient (Wildman–Crippen LogP) is 2.42. The van der Waals surface area contributed by atoms with E-state index in [9.17, 15) is 9.90 Å². The molecular weight excluding hydrogens is 242 g/mol. The molecule has 0 aliphatic rings. The van der Waals surface area contributed by atoms with Gasteiger partial charge in [-0.15, -0.1) is 0 Å². The monoisotopic (exact) mass is 259 g/mol. The lowest BCUT2D eigenvalue weighted by Crippen LogP contribution is -2.17. The number of phenolic OH excluding ortho intramolecular Hbond substituents is 1. The number of rotatable bonds is 4. The van der Waals surface area contributed by atoms with Crippen LogP contribution in [-0.2, 0) is 13.0 Å². The van der Waals surface area contributed by atoms with Crippen molar-refractivity contribution in [3.05, 3.63) is 41.7 Å². The molecule has 1 aromatic heterocycles. The van der Waals surface area contributed by atoms with E-state index in [4.69, 9.17) is 0 Å². The summed E-state index contributed by atoms with van der Waals surface area (Å²) >= 11 is 0. The number of hydrogen-bond acceptors (Lipinski definition) is 3. The van der Waals surface area contributed by atoms with E-state index in [1.54, 1.807) is 28.9 Å². The van der Waals surface area contributed by atoms with Crippen LogP contribution in [0.15, 0.2) is 30.3 Å². The topological polar surface area (TPSA) is 67.2 Å². The quantitative estimate of drug-likeness (QED) is 0.886. The largest absolute Gasteiger partial charge is 0.508 e. The van der Waals surface area contributed by atoms with Crippen molar-refractivity contribution >= 4 is 11.6 Å². The van der Waals surface area contributed by atoms with Crippen LogP contribution in [0.25, 0.3) is 0 Å². The summed E-state index contributed by atoms with van der Waals surface area (Å²) in [6.07, 6.45) is 0.791. The van der Waals surface area contributed by atoms with Crippen LogP contribution in [0.5, 0.6) is 5.75 Å². The second-order valence-corrected chi connectivity index (χ2v) is 4.19. The summed E-state index contributed by atoms with van der Waals surface area (Å²) in [4.78, 5) is 12.2. The summed E-state index contributed by atoms with van der Waals surface area (Å²) < 4.78 is 1.68. The van der Waals surface area contributed by atoms with Crippen LogP contribution in [0.2, 0.25) is 0 Å². The molecule has 1 aromatic carbocycles. The number of nitrogens with one attached hydrogen (secondary N) is 1. The molecule has 0 unspecified atom stereocenters. The van der Waals surface area contributed by atoms with E-state index in [0.717, 1.165) is 12.1 Å². The van der Waals surface area contributed by atoms with Crippen molar-refractivity contribution in [2.75, 3.05) is 5.32 Å². The van der Waals surface area contributed by atoms with Crippen LogP contribution in [0.1, 0.15) is 30.0 Å². The van der Waals surface area contributed by atoms with Gasteiger partial charge in [0.15, 0.2) is 0 Å². The van der Waals surface area contributed by atoms with Crippen LogP contribution in [0, 0.1) is 0 Å². The van der Waals surface area contributed by atoms with Gasteiger partial charge in [0.1, 0.15) is 11.4 Å². The standard InChI is InChI=1S/C14H17N3O2/c1-3-10-9-13(17(4-2)16-10)14(19)15-11-6-5-7-12(18)8-11/h5-9,18H,3-4H2,1-2H3,(H,15,19). The molecule has 0 atom stereocenters. The average Bonchev–Trinajstić information content (AvgIpc) is 2.82. The zero-order valence-corrected chi connectivity index (χ0v) is 11.1. The molecule has 1 heterocycles. The molecule has 0 bridgehead atoms. The number of benzene rings is 1. The Bertz CT molecular complexity index is 590. The van der Waals surface area contributed by atoms with Gasteiger partial charge in [0.05, 0.1) is 5.69 Å². The Hall–Kier alpha value is -2.30. The maximum Gasteiger partial charge on any atom is 0.273 e. The molecule has 2 N–H and O–H groups in total. The first-order valence-corrected chi connectivity index (χ1v) is 6.31. The molecule has 0 fully saturated rings. The third-order valence-electron chi connectivity index (χ3n) is 2.83. The molecule has 19 heavy (non-hydrogen) atoms. The number of anilines is 1. The maximum atomic E-state index is 12.2. The third kappa shape index (κ3) is 2.93. The fraction of sp³-hybridized carbons (Fsp3) is 0.286. The number of carbonyl (C=O) groups is 1. The highest BCUT2D eigenvalue weighted by Crippen LogP contribution is 2.16. The molecule has 0 radical (unpaired) electrons. The average molecular weight is 259 g/mol. The van der Waals surface area contributed by atoms with Crippen LogP contribution in [0.4, 0.5) is 5.69 Å². The molecular formula is C14H17N3O2. The summed E-state index contributed by atoms with van der Waals surface area (Å²) in [5.41, 5.74) is 1.98. The van der Waals surface area contributed by atoms with E-state index in [1.165, 1.54) is 6.07 Å². The van der Waals surface area contributed by atoms with Crippen molar-refractivity contribution in [3.8, 4) is 5.75 Å². The van der Waals surface area contributed by atoms with Crippen LogP contribution < -0.4 is 5.32 Å². The van der Waals surface area contributed by atoms with Gasteiger partial charge in [-0.3, -0.25) is 9.48 Å². The van der Waals surface area contributed by atoms with Crippen molar-refractivity contribution in [2.45, 2.75) is 26.8 Å². The van der Waals surface area contributed by atoms with E-state index in [-0.39, 0.29) is 11.7 Å². The Kier molecular flexibility index (Phi) is 3.85. The number of aryl methyl sites for hydroxylation is 2.